The number of amides is 1. The van der Waals surface area contributed by atoms with Crippen molar-refractivity contribution in [2.45, 2.75) is 0 Å². The van der Waals surface area contributed by atoms with Crippen molar-refractivity contribution in [1.82, 2.24) is 5.48 Å². The summed E-state index contributed by atoms with van der Waals surface area (Å²) in [4.78, 5) is 29.0. The first-order valence-electron chi connectivity index (χ1n) is 10.3. The van der Waals surface area contributed by atoms with Gasteiger partial charge in [0.2, 0.25) is 10.0 Å². The second-order valence-corrected chi connectivity index (χ2v) is 9.80. The predicted octanol–water partition coefficient (Wildman–Crippen LogP) is 4.41. The van der Waals surface area contributed by atoms with Crippen molar-refractivity contribution < 1.29 is 31.7 Å². The third-order valence-electron chi connectivity index (χ3n) is 5.54. The van der Waals surface area contributed by atoms with E-state index in [9.17, 15) is 22.4 Å². The molecule has 0 saturated carbocycles. The van der Waals surface area contributed by atoms with Crippen LogP contribution in [0.5, 0.6) is 0 Å². The van der Waals surface area contributed by atoms with Gasteiger partial charge in [-0.1, -0.05) is 12.1 Å². The number of hydrogen-bond acceptors (Lipinski definition) is 6. The lowest BCUT2D eigenvalue weighted by atomic mass is 9.98. The molecule has 1 aromatic heterocycles. The van der Waals surface area contributed by atoms with Gasteiger partial charge < -0.3 is 4.42 Å². The molecule has 0 unspecified atom stereocenters. The van der Waals surface area contributed by atoms with Gasteiger partial charge in [0.1, 0.15) is 17.2 Å². The normalized spacial score (nSPS) is 11.4. The summed E-state index contributed by atoms with van der Waals surface area (Å²) < 4.78 is 45.3. The number of carbonyl (C=O) groups is 2. The molecule has 3 aromatic carbocycles. The van der Waals surface area contributed by atoms with Crippen LogP contribution in [-0.2, 0) is 14.9 Å². The number of halogens is 1. The molecule has 0 radical (unpaired) electrons. The van der Waals surface area contributed by atoms with Gasteiger partial charge in [-0.2, -0.15) is 0 Å². The van der Waals surface area contributed by atoms with E-state index in [1.165, 1.54) is 44.5 Å². The molecule has 0 aliphatic carbocycles. The molecule has 0 bridgehead atoms. The van der Waals surface area contributed by atoms with Gasteiger partial charge in [-0.15, -0.1) is 0 Å². The van der Waals surface area contributed by atoms with Gasteiger partial charge in [0, 0.05) is 35.2 Å². The molecule has 4 rings (SSSR count). The highest BCUT2D eigenvalue weighted by molar-refractivity contribution is 7.92. The fourth-order valence-corrected chi connectivity index (χ4v) is 4.24. The lowest BCUT2D eigenvalue weighted by Crippen LogP contribution is -2.25. The van der Waals surface area contributed by atoms with Gasteiger partial charge in [-0.25, -0.2) is 18.3 Å². The van der Waals surface area contributed by atoms with Crippen LogP contribution in [0.3, 0.4) is 0 Å². The van der Waals surface area contributed by atoms with Crippen molar-refractivity contribution in [3.05, 3.63) is 77.6 Å². The number of furan rings is 1. The number of nitrogens with one attached hydrogen (secondary N) is 1. The zero-order valence-corrected chi connectivity index (χ0v) is 19.9. The average Bonchev–Trinajstić information content (AvgIpc) is 3.20. The maximum absolute atomic E-state index is 13.4. The first kappa shape index (κ1) is 24.1. The molecule has 0 atom stereocenters. The number of hydroxylamine groups is 1. The van der Waals surface area contributed by atoms with Crippen molar-refractivity contribution in [3.8, 4) is 22.5 Å². The summed E-state index contributed by atoms with van der Waals surface area (Å²) in [6, 6.07) is 15.2. The average molecular weight is 497 g/mol. The van der Waals surface area contributed by atoms with Gasteiger partial charge in [-0.3, -0.25) is 18.7 Å². The molecule has 4 aromatic rings. The summed E-state index contributed by atoms with van der Waals surface area (Å²) in [5, 5.41) is 0.437. The molecule has 0 aliphatic rings. The SMILES string of the molecule is CONC(=O)c1cccc(-c2cc3c(C=O)c(-c4ccc(F)cc4)oc3cc2N(C)S(C)(=O)=O)c1. The Bertz CT molecular complexity index is 1540. The third kappa shape index (κ3) is 4.66. The molecule has 0 aliphatic heterocycles. The van der Waals surface area contributed by atoms with E-state index in [1.807, 2.05) is 0 Å². The molecule has 1 N–H and O–H groups in total. The third-order valence-corrected chi connectivity index (χ3v) is 6.73. The molecule has 0 saturated heterocycles. The summed E-state index contributed by atoms with van der Waals surface area (Å²) in [6.45, 7) is 0. The monoisotopic (exact) mass is 496 g/mol. The highest BCUT2D eigenvalue weighted by atomic mass is 32.2. The van der Waals surface area contributed by atoms with Crippen molar-refractivity contribution >= 4 is 38.9 Å². The second kappa shape index (κ2) is 9.32. The van der Waals surface area contributed by atoms with E-state index in [0.29, 0.717) is 28.4 Å². The minimum atomic E-state index is -3.67. The summed E-state index contributed by atoms with van der Waals surface area (Å²) in [7, 11) is -0.967. The Morgan fingerprint density at radius 1 is 1.09 bits per heavy atom. The van der Waals surface area contributed by atoms with Crippen LogP contribution in [0.25, 0.3) is 33.4 Å². The lowest BCUT2D eigenvalue weighted by molar-refractivity contribution is 0.0537. The zero-order chi connectivity index (χ0) is 25.3. The number of nitrogens with zero attached hydrogens (tertiary/aromatic N) is 1. The van der Waals surface area contributed by atoms with Crippen LogP contribution in [0.15, 0.2) is 65.1 Å². The largest absolute Gasteiger partial charge is 0.455 e. The fourth-order valence-electron chi connectivity index (χ4n) is 3.73. The molecule has 8 nitrogen and oxygen atoms in total. The van der Waals surface area contributed by atoms with E-state index < -0.39 is 21.7 Å². The number of sulfonamides is 1. The number of aldehydes is 1. The number of rotatable bonds is 7. The lowest BCUT2D eigenvalue weighted by Gasteiger charge is -2.21. The minimum absolute atomic E-state index is 0.230. The van der Waals surface area contributed by atoms with Crippen LogP contribution in [0.2, 0.25) is 0 Å². The Labute approximate surface area is 200 Å². The van der Waals surface area contributed by atoms with Gasteiger partial charge in [0.05, 0.1) is 24.6 Å². The summed E-state index contributed by atoms with van der Waals surface area (Å²) in [5.41, 5.74) is 4.78. The Hall–Kier alpha value is -4.02. The van der Waals surface area contributed by atoms with Crippen LogP contribution in [0, 0.1) is 5.82 Å². The van der Waals surface area contributed by atoms with Crippen LogP contribution in [0.1, 0.15) is 20.7 Å². The molecular weight excluding hydrogens is 475 g/mol. The van der Waals surface area contributed by atoms with Gasteiger partial charge in [0.15, 0.2) is 6.29 Å². The van der Waals surface area contributed by atoms with E-state index in [-0.39, 0.29) is 28.2 Å². The maximum atomic E-state index is 13.4. The minimum Gasteiger partial charge on any atom is -0.455 e. The van der Waals surface area contributed by atoms with Gasteiger partial charge in [0.25, 0.3) is 5.91 Å². The van der Waals surface area contributed by atoms with Crippen molar-refractivity contribution in [2.24, 2.45) is 0 Å². The predicted molar refractivity (Wildman–Crippen MR) is 130 cm³/mol. The van der Waals surface area contributed by atoms with Gasteiger partial charge >= 0.3 is 0 Å². The molecule has 180 valence electrons. The highest BCUT2D eigenvalue weighted by Gasteiger charge is 2.23. The fraction of sp³-hybridized carbons (Fsp3) is 0.120. The highest BCUT2D eigenvalue weighted by Crippen LogP contribution is 2.40. The van der Waals surface area contributed by atoms with Gasteiger partial charge in [-0.05, 0) is 48.0 Å². The Morgan fingerprint density at radius 3 is 2.43 bits per heavy atom. The van der Waals surface area contributed by atoms with Crippen LogP contribution >= 0.6 is 0 Å². The Morgan fingerprint density at radius 2 is 1.80 bits per heavy atom. The number of carbonyl (C=O) groups excluding carboxylic acids is 2. The van der Waals surface area contributed by atoms with Crippen LogP contribution in [0.4, 0.5) is 10.1 Å². The van der Waals surface area contributed by atoms with Crippen molar-refractivity contribution in [1.29, 1.82) is 0 Å². The molecule has 1 heterocycles. The number of benzene rings is 3. The van der Waals surface area contributed by atoms with E-state index >= 15 is 0 Å². The number of anilines is 1. The molecule has 0 spiro atoms. The number of fused-ring (bicyclic) bond motifs is 1. The van der Waals surface area contributed by atoms with Crippen molar-refractivity contribution in [3.63, 3.8) is 0 Å². The van der Waals surface area contributed by atoms with E-state index in [2.05, 4.69) is 10.3 Å². The summed E-state index contributed by atoms with van der Waals surface area (Å²) >= 11 is 0. The number of hydrogen-bond donors (Lipinski definition) is 1. The first-order valence-corrected chi connectivity index (χ1v) is 12.2. The van der Waals surface area contributed by atoms with Crippen LogP contribution < -0.4 is 9.79 Å². The molecular formula is C25H21FN2O6S. The molecule has 1 amide bonds. The van der Waals surface area contributed by atoms with E-state index in [1.54, 1.807) is 30.3 Å². The van der Waals surface area contributed by atoms with E-state index in [0.717, 1.165) is 10.6 Å². The second-order valence-electron chi connectivity index (χ2n) is 7.78. The Kier molecular flexibility index (Phi) is 6.42. The summed E-state index contributed by atoms with van der Waals surface area (Å²) in [5.74, 6) is -0.688. The summed E-state index contributed by atoms with van der Waals surface area (Å²) in [6.07, 6.45) is 1.70. The molecule has 10 heteroatoms. The first-order chi connectivity index (χ1) is 16.6. The topological polar surface area (TPSA) is 106 Å². The zero-order valence-electron chi connectivity index (χ0n) is 19.0. The smallest absolute Gasteiger partial charge is 0.274 e. The standard InChI is InChI=1S/C25H21FN2O6S/c1-28(35(3,31)32)22-13-23-20(21(14-29)24(34-23)15-7-9-18(26)10-8-15)12-19(22)16-5-4-6-17(11-16)25(30)27-33-2/h4-14H,1-3H3,(H,27,30). The van der Waals surface area contributed by atoms with E-state index in [4.69, 9.17) is 4.42 Å². The molecule has 0 fully saturated rings. The Balaban J connectivity index is 2.00. The van der Waals surface area contributed by atoms with Crippen molar-refractivity contribution in [2.75, 3.05) is 24.7 Å². The quantitative estimate of drug-likeness (QED) is 0.300. The van der Waals surface area contributed by atoms with Crippen LogP contribution in [-0.4, -0.2) is 41.0 Å². The maximum Gasteiger partial charge on any atom is 0.274 e. The molecule has 35 heavy (non-hydrogen) atoms.